The first-order valence-electron chi connectivity index (χ1n) is 5.03. The summed E-state index contributed by atoms with van der Waals surface area (Å²) in [4.78, 5) is 10.4. The van der Waals surface area contributed by atoms with Crippen molar-refractivity contribution in [1.29, 1.82) is 5.26 Å². The van der Waals surface area contributed by atoms with Gasteiger partial charge in [-0.1, -0.05) is 12.1 Å². The number of rotatable bonds is 6. The van der Waals surface area contributed by atoms with Gasteiger partial charge in [0.1, 0.15) is 5.75 Å². The lowest BCUT2D eigenvalue weighted by Gasteiger charge is -2.05. The van der Waals surface area contributed by atoms with E-state index in [0.29, 0.717) is 25.2 Å². The molecule has 0 radical (unpaired) electrons. The lowest BCUT2D eigenvalue weighted by molar-refractivity contribution is -0.136. The van der Waals surface area contributed by atoms with Crippen LogP contribution in [0.25, 0.3) is 0 Å². The van der Waals surface area contributed by atoms with E-state index in [1.54, 1.807) is 24.3 Å². The number of ether oxygens (including phenoxy) is 1. The molecule has 0 bridgehead atoms. The fraction of sp³-hybridized carbons (Fsp3) is 0.333. The van der Waals surface area contributed by atoms with E-state index in [1.807, 2.05) is 6.07 Å². The third-order valence-electron chi connectivity index (χ3n) is 1.98. The molecule has 84 valence electrons. The van der Waals surface area contributed by atoms with E-state index in [4.69, 9.17) is 15.1 Å². The Labute approximate surface area is 94.1 Å². The van der Waals surface area contributed by atoms with E-state index in [1.165, 1.54) is 0 Å². The highest BCUT2D eigenvalue weighted by Gasteiger charge is 2.00. The standard InChI is InChI=1S/C12H13NO3/c13-7-1-2-8-16-11-5-3-10(4-6-11)9-12(14)15/h3-6H,1-2,8-9H2,(H,14,15). The number of nitriles is 1. The number of carboxylic acid groups (broad SMARTS) is 1. The van der Waals surface area contributed by atoms with Gasteiger partial charge < -0.3 is 9.84 Å². The van der Waals surface area contributed by atoms with Crippen molar-refractivity contribution in [3.05, 3.63) is 29.8 Å². The summed E-state index contributed by atoms with van der Waals surface area (Å²) in [5.41, 5.74) is 0.747. The van der Waals surface area contributed by atoms with E-state index in [-0.39, 0.29) is 6.42 Å². The largest absolute Gasteiger partial charge is 0.494 e. The lowest BCUT2D eigenvalue weighted by atomic mass is 10.1. The van der Waals surface area contributed by atoms with E-state index in [0.717, 1.165) is 5.56 Å². The minimum absolute atomic E-state index is 0.0225. The fourth-order valence-corrected chi connectivity index (χ4v) is 1.22. The third-order valence-corrected chi connectivity index (χ3v) is 1.98. The molecule has 1 rings (SSSR count). The minimum Gasteiger partial charge on any atom is -0.494 e. The van der Waals surface area contributed by atoms with Gasteiger partial charge in [0.25, 0.3) is 0 Å². The van der Waals surface area contributed by atoms with Gasteiger partial charge in [-0.3, -0.25) is 4.79 Å². The highest BCUT2D eigenvalue weighted by Crippen LogP contribution is 2.13. The van der Waals surface area contributed by atoms with Crippen molar-refractivity contribution in [1.82, 2.24) is 0 Å². The fourth-order valence-electron chi connectivity index (χ4n) is 1.22. The third kappa shape index (κ3) is 4.47. The molecule has 0 aliphatic rings. The molecule has 0 fully saturated rings. The SMILES string of the molecule is N#CCCCOc1ccc(CC(=O)O)cc1. The molecule has 0 heterocycles. The molecule has 0 aliphatic heterocycles. The van der Waals surface area contributed by atoms with Crippen molar-refractivity contribution in [2.45, 2.75) is 19.3 Å². The zero-order chi connectivity index (χ0) is 11.8. The Morgan fingerprint density at radius 1 is 1.38 bits per heavy atom. The van der Waals surface area contributed by atoms with Crippen LogP contribution in [0.15, 0.2) is 24.3 Å². The maximum Gasteiger partial charge on any atom is 0.307 e. The van der Waals surface area contributed by atoms with Crippen LogP contribution < -0.4 is 4.74 Å². The number of benzene rings is 1. The summed E-state index contributed by atoms with van der Waals surface area (Å²) in [6, 6.07) is 8.98. The van der Waals surface area contributed by atoms with Crippen LogP contribution in [-0.4, -0.2) is 17.7 Å². The summed E-state index contributed by atoms with van der Waals surface area (Å²) in [5, 5.41) is 16.9. The van der Waals surface area contributed by atoms with Gasteiger partial charge in [-0.15, -0.1) is 0 Å². The second-order valence-electron chi connectivity index (χ2n) is 3.32. The maximum atomic E-state index is 10.4. The average molecular weight is 219 g/mol. The highest BCUT2D eigenvalue weighted by atomic mass is 16.5. The van der Waals surface area contributed by atoms with E-state index >= 15 is 0 Å². The molecule has 1 aromatic carbocycles. The van der Waals surface area contributed by atoms with Crippen LogP contribution in [0.3, 0.4) is 0 Å². The zero-order valence-corrected chi connectivity index (χ0v) is 8.85. The summed E-state index contributed by atoms with van der Waals surface area (Å²) in [5.74, 6) is -0.144. The van der Waals surface area contributed by atoms with Crippen molar-refractivity contribution in [2.75, 3.05) is 6.61 Å². The second kappa shape index (κ2) is 6.46. The Bertz CT molecular complexity index is 378. The van der Waals surface area contributed by atoms with Gasteiger partial charge in [-0.2, -0.15) is 5.26 Å². The Balaban J connectivity index is 2.39. The van der Waals surface area contributed by atoms with Gasteiger partial charge in [-0.05, 0) is 24.1 Å². The Morgan fingerprint density at radius 2 is 2.06 bits per heavy atom. The van der Waals surface area contributed by atoms with Gasteiger partial charge >= 0.3 is 5.97 Å². The van der Waals surface area contributed by atoms with Gasteiger partial charge in [0.15, 0.2) is 0 Å². The van der Waals surface area contributed by atoms with Crippen LogP contribution in [-0.2, 0) is 11.2 Å². The number of hydrogen-bond donors (Lipinski definition) is 1. The van der Waals surface area contributed by atoms with E-state index in [2.05, 4.69) is 0 Å². The number of carboxylic acids is 1. The molecule has 1 aromatic rings. The highest BCUT2D eigenvalue weighted by molar-refractivity contribution is 5.70. The van der Waals surface area contributed by atoms with Gasteiger partial charge in [0.05, 0.1) is 19.1 Å². The smallest absolute Gasteiger partial charge is 0.307 e. The number of hydrogen-bond acceptors (Lipinski definition) is 3. The van der Waals surface area contributed by atoms with Crippen molar-refractivity contribution in [2.24, 2.45) is 0 Å². The van der Waals surface area contributed by atoms with Crippen LogP contribution in [0, 0.1) is 11.3 Å². The predicted molar refractivity (Wildman–Crippen MR) is 58.1 cm³/mol. The molecule has 4 heteroatoms. The Morgan fingerprint density at radius 3 is 2.62 bits per heavy atom. The molecule has 0 unspecified atom stereocenters. The van der Waals surface area contributed by atoms with Crippen molar-refractivity contribution < 1.29 is 14.6 Å². The summed E-state index contributed by atoms with van der Waals surface area (Å²) in [6.45, 7) is 0.506. The molecule has 0 atom stereocenters. The number of unbranched alkanes of at least 4 members (excludes halogenated alkanes) is 1. The summed E-state index contributed by atoms with van der Waals surface area (Å²) < 4.78 is 5.37. The predicted octanol–water partition coefficient (Wildman–Crippen LogP) is 2.00. The molecule has 0 amide bonds. The van der Waals surface area contributed by atoms with Crippen LogP contribution in [0.4, 0.5) is 0 Å². The van der Waals surface area contributed by atoms with Gasteiger partial charge in [0.2, 0.25) is 0 Å². The molecule has 4 nitrogen and oxygen atoms in total. The molecule has 0 saturated heterocycles. The zero-order valence-electron chi connectivity index (χ0n) is 8.85. The van der Waals surface area contributed by atoms with Crippen LogP contribution in [0.1, 0.15) is 18.4 Å². The van der Waals surface area contributed by atoms with Crippen LogP contribution in [0.2, 0.25) is 0 Å². The van der Waals surface area contributed by atoms with Crippen molar-refractivity contribution in [3.63, 3.8) is 0 Å². The Hall–Kier alpha value is -2.02. The van der Waals surface area contributed by atoms with Crippen molar-refractivity contribution >= 4 is 5.97 Å². The van der Waals surface area contributed by atoms with Crippen LogP contribution in [0.5, 0.6) is 5.75 Å². The quantitative estimate of drug-likeness (QED) is 0.743. The molecule has 0 spiro atoms. The first-order valence-corrected chi connectivity index (χ1v) is 5.03. The van der Waals surface area contributed by atoms with E-state index in [9.17, 15) is 4.79 Å². The first-order chi connectivity index (χ1) is 7.72. The molecular formula is C12H13NO3. The molecule has 1 N–H and O–H groups in total. The summed E-state index contributed by atoms with van der Waals surface area (Å²) in [6.07, 6.45) is 1.21. The lowest BCUT2D eigenvalue weighted by Crippen LogP contribution is -2.00. The second-order valence-corrected chi connectivity index (χ2v) is 3.32. The number of aliphatic carboxylic acids is 1. The number of nitrogens with zero attached hydrogens (tertiary/aromatic N) is 1. The molecule has 16 heavy (non-hydrogen) atoms. The molecular weight excluding hydrogens is 206 g/mol. The Kier molecular flexibility index (Phi) is 4.87. The summed E-state index contributed by atoms with van der Waals surface area (Å²) >= 11 is 0. The monoisotopic (exact) mass is 219 g/mol. The first kappa shape index (κ1) is 12.1. The molecule has 0 saturated carbocycles. The number of carbonyl (C=O) groups is 1. The van der Waals surface area contributed by atoms with Gasteiger partial charge in [-0.25, -0.2) is 0 Å². The van der Waals surface area contributed by atoms with Crippen LogP contribution >= 0.6 is 0 Å². The van der Waals surface area contributed by atoms with E-state index < -0.39 is 5.97 Å². The minimum atomic E-state index is -0.845. The maximum absolute atomic E-state index is 10.4. The molecule has 0 aliphatic carbocycles. The van der Waals surface area contributed by atoms with Gasteiger partial charge in [0, 0.05) is 6.42 Å². The normalized spacial score (nSPS) is 9.44. The summed E-state index contributed by atoms with van der Waals surface area (Å²) in [7, 11) is 0. The van der Waals surface area contributed by atoms with Crippen molar-refractivity contribution in [3.8, 4) is 11.8 Å². The average Bonchev–Trinajstić information content (AvgIpc) is 2.26. The topological polar surface area (TPSA) is 70.3 Å². The molecule has 0 aromatic heterocycles.